The summed E-state index contributed by atoms with van der Waals surface area (Å²) in [6.45, 7) is 5.02. The topological polar surface area (TPSA) is 37.8 Å². The van der Waals surface area contributed by atoms with Gasteiger partial charge in [0, 0.05) is 6.54 Å². The summed E-state index contributed by atoms with van der Waals surface area (Å²) in [7, 11) is 0. The van der Waals surface area contributed by atoms with Crippen LogP contribution in [-0.2, 0) is 6.54 Å². The molecule has 114 valence electrons. The number of benzene rings is 1. The average molecular weight is 286 g/mol. The zero-order valence-electron chi connectivity index (χ0n) is 13.2. The van der Waals surface area contributed by atoms with Gasteiger partial charge >= 0.3 is 5.69 Å². The third-order valence-corrected chi connectivity index (χ3v) is 5.13. The number of H-pyrrole nitrogens is 1. The van der Waals surface area contributed by atoms with Gasteiger partial charge in [-0.25, -0.2) is 4.79 Å². The summed E-state index contributed by atoms with van der Waals surface area (Å²) in [5.41, 5.74) is 3.44. The summed E-state index contributed by atoms with van der Waals surface area (Å²) in [5, 5.41) is 0. The fourth-order valence-electron chi connectivity index (χ4n) is 3.94. The van der Waals surface area contributed by atoms with Gasteiger partial charge in [-0.2, -0.15) is 0 Å². The van der Waals surface area contributed by atoms with E-state index < -0.39 is 0 Å². The largest absolute Gasteiger partial charge is 0.326 e. The van der Waals surface area contributed by atoms with Crippen molar-refractivity contribution in [1.29, 1.82) is 0 Å². The minimum atomic E-state index is 0.0105. The Kier molecular flexibility index (Phi) is 4.18. The van der Waals surface area contributed by atoms with Crippen LogP contribution in [0, 0.1) is 5.92 Å². The van der Waals surface area contributed by atoms with Crippen LogP contribution in [0.15, 0.2) is 23.0 Å². The molecule has 1 fully saturated rings. The molecule has 21 heavy (non-hydrogen) atoms. The van der Waals surface area contributed by atoms with Gasteiger partial charge in [-0.15, -0.1) is 0 Å². The Hall–Kier alpha value is -1.51. The van der Waals surface area contributed by atoms with E-state index in [1.165, 1.54) is 44.1 Å². The molecule has 1 aliphatic carbocycles. The molecule has 1 heterocycles. The summed E-state index contributed by atoms with van der Waals surface area (Å²) in [5.74, 6) is 1.62. The van der Waals surface area contributed by atoms with Crippen molar-refractivity contribution in [1.82, 2.24) is 9.55 Å². The second kappa shape index (κ2) is 6.08. The lowest BCUT2D eigenvalue weighted by atomic mass is 9.77. The zero-order valence-corrected chi connectivity index (χ0v) is 13.2. The lowest BCUT2D eigenvalue weighted by Gasteiger charge is -2.28. The Bertz CT molecular complexity index is 659. The van der Waals surface area contributed by atoms with E-state index in [-0.39, 0.29) is 5.69 Å². The Balaban J connectivity index is 1.81. The van der Waals surface area contributed by atoms with Gasteiger partial charge in [0.2, 0.25) is 0 Å². The third kappa shape index (κ3) is 2.78. The normalized spacial score (nSPS) is 22.8. The number of aromatic amines is 1. The van der Waals surface area contributed by atoms with E-state index in [0.29, 0.717) is 5.92 Å². The van der Waals surface area contributed by atoms with Gasteiger partial charge < -0.3 is 4.98 Å². The van der Waals surface area contributed by atoms with Crippen LogP contribution < -0.4 is 5.69 Å². The Morgan fingerprint density at radius 3 is 2.62 bits per heavy atom. The molecule has 0 bridgehead atoms. The molecule has 0 aliphatic heterocycles. The first-order valence-electron chi connectivity index (χ1n) is 8.45. The van der Waals surface area contributed by atoms with Crippen LogP contribution in [0.5, 0.6) is 0 Å². The molecule has 3 heteroatoms. The number of aromatic nitrogens is 2. The van der Waals surface area contributed by atoms with E-state index >= 15 is 0 Å². The fraction of sp³-hybridized carbons (Fsp3) is 0.611. The Morgan fingerprint density at radius 1 is 1.19 bits per heavy atom. The van der Waals surface area contributed by atoms with Crippen molar-refractivity contribution in [3.05, 3.63) is 34.2 Å². The first kappa shape index (κ1) is 14.4. The minimum Gasteiger partial charge on any atom is -0.306 e. The van der Waals surface area contributed by atoms with Crippen molar-refractivity contribution in [2.45, 2.75) is 64.8 Å². The predicted molar refractivity (Wildman–Crippen MR) is 87.8 cm³/mol. The van der Waals surface area contributed by atoms with Gasteiger partial charge in [0.25, 0.3) is 0 Å². The first-order valence-corrected chi connectivity index (χ1v) is 8.45. The fourth-order valence-corrected chi connectivity index (χ4v) is 3.94. The molecule has 1 saturated carbocycles. The molecular formula is C18H26N2O. The van der Waals surface area contributed by atoms with Crippen LogP contribution >= 0.6 is 0 Å². The summed E-state index contributed by atoms with van der Waals surface area (Å²) in [4.78, 5) is 14.9. The van der Waals surface area contributed by atoms with Crippen LogP contribution in [-0.4, -0.2) is 9.55 Å². The van der Waals surface area contributed by atoms with Gasteiger partial charge in [-0.05, 0) is 62.1 Å². The van der Waals surface area contributed by atoms with Gasteiger partial charge in [-0.1, -0.05) is 25.8 Å². The molecule has 1 aromatic carbocycles. The molecule has 2 aromatic rings. The van der Waals surface area contributed by atoms with Gasteiger partial charge in [0.05, 0.1) is 11.0 Å². The van der Waals surface area contributed by atoms with Crippen LogP contribution in [0.25, 0.3) is 11.0 Å². The minimum absolute atomic E-state index is 0.0105. The highest BCUT2D eigenvalue weighted by molar-refractivity contribution is 5.76. The number of aryl methyl sites for hydroxylation is 1. The van der Waals surface area contributed by atoms with Gasteiger partial charge in [0.1, 0.15) is 0 Å². The molecule has 0 unspecified atom stereocenters. The first-order chi connectivity index (χ1) is 10.2. The lowest BCUT2D eigenvalue weighted by Crippen LogP contribution is -2.14. The summed E-state index contributed by atoms with van der Waals surface area (Å²) < 4.78 is 1.80. The van der Waals surface area contributed by atoms with E-state index in [1.807, 2.05) is 6.92 Å². The van der Waals surface area contributed by atoms with Crippen molar-refractivity contribution in [2.75, 3.05) is 0 Å². The molecule has 1 aliphatic rings. The number of hydrogen-bond acceptors (Lipinski definition) is 1. The second-order valence-corrected chi connectivity index (χ2v) is 6.46. The standard InChI is InChI=1S/C18H26N2O/c1-3-5-13-6-8-14(9-7-13)15-10-11-17-16(12-15)19-18(21)20(17)4-2/h10-14H,3-9H2,1-2H3,(H,19,21). The molecule has 0 saturated heterocycles. The highest BCUT2D eigenvalue weighted by Crippen LogP contribution is 2.37. The molecule has 0 radical (unpaired) electrons. The van der Waals surface area contributed by atoms with Crippen LogP contribution in [0.3, 0.4) is 0 Å². The molecule has 0 atom stereocenters. The monoisotopic (exact) mass is 286 g/mol. The quantitative estimate of drug-likeness (QED) is 0.887. The molecule has 3 rings (SSSR count). The van der Waals surface area contributed by atoms with Crippen LogP contribution in [0.4, 0.5) is 0 Å². The molecule has 1 aromatic heterocycles. The van der Waals surface area contributed by atoms with Crippen molar-refractivity contribution in [3.63, 3.8) is 0 Å². The number of hydrogen-bond donors (Lipinski definition) is 1. The number of imidazole rings is 1. The maximum atomic E-state index is 11.9. The van der Waals surface area contributed by atoms with Crippen LogP contribution in [0.2, 0.25) is 0 Å². The van der Waals surface area contributed by atoms with Gasteiger partial charge in [-0.3, -0.25) is 4.57 Å². The summed E-state index contributed by atoms with van der Waals surface area (Å²) in [6.07, 6.45) is 8.03. The van der Waals surface area contributed by atoms with E-state index in [2.05, 4.69) is 30.1 Å². The maximum Gasteiger partial charge on any atom is 0.326 e. The van der Waals surface area contributed by atoms with E-state index in [4.69, 9.17) is 0 Å². The molecule has 0 spiro atoms. The molecule has 1 N–H and O–H groups in total. The molecule has 0 amide bonds. The highest BCUT2D eigenvalue weighted by Gasteiger charge is 2.22. The molecular weight excluding hydrogens is 260 g/mol. The maximum absolute atomic E-state index is 11.9. The average Bonchev–Trinajstić information content (AvgIpc) is 2.82. The highest BCUT2D eigenvalue weighted by atomic mass is 16.1. The molecule has 3 nitrogen and oxygen atoms in total. The van der Waals surface area contributed by atoms with E-state index in [1.54, 1.807) is 4.57 Å². The lowest BCUT2D eigenvalue weighted by molar-refractivity contribution is 0.308. The number of nitrogens with zero attached hydrogens (tertiary/aromatic N) is 1. The van der Waals surface area contributed by atoms with E-state index in [0.717, 1.165) is 23.5 Å². The smallest absolute Gasteiger partial charge is 0.306 e. The summed E-state index contributed by atoms with van der Waals surface area (Å²) >= 11 is 0. The van der Waals surface area contributed by atoms with Crippen molar-refractivity contribution >= 4 is 11.0 Å². The van der Waals surface area contributed by atoms with Crippen molar-refractivity contribution in [3.8, 4) is 0 Å². The predicted octanol–water partition coefficient (Wildman–Crippen LogP) is 4.42. The van der Waals surface area contributed by atoms with Crippen LogP contribution in [0.1, 0.15) is 63.9 Å². The number of rotatable bonds is 4. The van der Waals surface area contributed by atoms with Crippen molar-refractivity contribution < 1.29 is 0 Å². The third-order valence-electron chi connectivity index (χ3n) is 5.13. The Labute approximate surface area is 126 Å². The Morgan fingerprint density at radius 2 is 1.95 bits per heavy atom. The summed E-state index contributed by atoms with van der Waals surface area (Å²) in [6, 6.07) is 6.55. The number of fused-ring (bicyclic) bond motifs is 1. The van der Waals surface area contributed by atoms with Crippen molar-refractivity contribution in [2.24, 2.45) is 5.92 Å². The zero-order chi connectivity index (χ0) is 14.8. The van der Waals surface area contributed by atoms with E-state index in [9.17, 15) is 4.79 Å². The SMILES string of the molecule is CCCC1CCC(c2ccc3c(c2)[nH]c(=O)n3CC)CC1. The second-order valence-electron chi connectivity index (χ2n) is 6.46. The number of nitrogens with one attached hydrogen (secondary N) is 1. The van der Waals surface area contributed by atoms with Gasteiger partial charge in [0.15, 0.2) is 0 Å².